The van der Waals surface area contributed by atoms with Crippen molar-refractivity contribution < 1.29 is 4.39 Å². The van der Waals surface area contributed by atoms with E-state index < -0.39 is 0 Å². The monoisotopic (exact) mass is 286 g/mol. The summed E-state index contributed by atoms with van der Waals surface area (Å²) in [5.74, 6) is 0.149. The molecule has 3 heteroatoms. The number of benzene rings is 2. The number of nitrogens with zero attached hydrogens (tertiary/aromatic N) is 1. The summed E-state index contributed by atoms with van der Waals surface area (Å²) in [6, 6.07) is 17.3. The lowest BCUT2D eigenvalue weighted by Gasteiger charge is -2.32. The first-order valence-electron chi connectivity index (χ1n) is 7.31. The van der Waals surface area contributed by atoms with E-state index >= 15 is 0 Å². The van der Waals surface area contributed by atoms with E-state index in [-0.39, 0.29) is 11.9 Å². The van der Waals surface area contributed by atoms with Gasteiger partial charge in [0.05, 0.1) is 0 Å². The molecule has 2 aromatic carbocycles. The lowest BCUT2D eigenvalue weighted by molar-refractivity contribution is 0.213. The molecule has 2 atom stereocenters. The predicted octanol–water partition coefficient (Wildman–Crippen LogP) is 3.39. The molecule has 2 rings (SSSR count). The molecule has 0 bridgehead atoms. The van der Waals surface area contributed by atoms with Crippen LogP contribution in [-0.2, 0) is 6.54 Å². The van der Waals surface area contributed by atoms with Gasteiger partial charge in [0.15, 0.2) is 0 Å². The van der Waals surface area contributed by atoms with Crippen molar-refractivity contribution in [2.75, 3.05) is 13.6 Å². The molecule has 0 heterocycles. The molecule has 0 aliphatic carbocycles. The van der Waals surface area contributed by atoms with Crippen molar-refractivity contribution in [3.8, 4) is 0 Å². The maximum atomic E-state index is 13.0. The summed E-state index contributed by atoms with van der Waals surface area (Å²) in [7, 11) is 2.07. The fourth-order valence-corrected chi connectivity index (χ4v) is 2.74. The van der Waals surface area contributed by atoms with Crippen molar-refractivity contribution in [1.29, 1.82) is 0 Å². The van der Waals surface area contributed by atoms with Crippen molar-refractivity contribution >= 4 is 0 Å². The molecule has 0 saturated carbocycles. The fourth-order valence-electron chi connectivity index (χ4n) is 2.74. The summed E-state index contributed by atoms with van der Waals surface area (Å²) in [4.78, 5) is 2.24. The zero-order valence-corrected chi connectivity index (χ0v) is 12.7. The number of hydrogen-bond acceptors (Lipinski definition) is 2. The van der Waals surface area contributed by atoms with Crippen LogP contribution in [0.15, 0.2) is 54.6 Å². The van der Waals surface area contributed by atoms with Gasteiger partial charge in [-0.05, 0) is 36.2 Å². The Hall–Kier alpha value is -1.71. The zero-order chi connectivity index (χ0) is 15.2. The topological polar surface area (TPSA) is 29.3 Å². The van der Waals surface area contributed by atoms with Gasteiger partial charge in [0, 0.05) is 19.1 Å². The van der Waals surface area contributed by atoms with Gasteiger partial charge in [0.2, 0.25) is 0 Å². The Kier molecular flexibility index (Phi) is 5.48. The van der Waals surface area contributed by atoms with Crippen LogP contribution >= 0.6 is 0 Å². The Morgan fingerprint density at radius 1 is 1.05 bits per heavy atom. The van der Waals surface area contributed by atoms with E-state index in [9.17, 15) is 4.39 Å². The van der Waals surface area contributed by atoms with Gasteiger partial charge in [-0.15, -0.1) is 0 Å². The first-order chi connectivity index (χ1) is 10.1. The van der Waals surface area contributed by atoms with Crippen LogP contribution in [0.4, 0.5) is 4.39 Å². The number of hydrogen-bond donors (Lipinski definition) is 1. The minimum Gasteiger partial charge on any atom is -0.329 e. The number of halogens is 1. The molecule has 0 amide bonds. The molecular weight excluding hydrogens is 263 g/mol. The quantitative estimate of drug-likeness (QED) is 0.882. The second-order valence-corrected chi connectivity index (χ2v) is 5.54. The molecule has 0 saturated heterocycles. The normalized spacial score (nSPS) is 14.1. The molecule has 0 aromatic heterocycles. The van der Waals surface area contributed by atoms with E-state index in [0.29, 0.717) is 12.5 Å². The highest BCUT2D eigenvalue weighted by Crippen LogP contribution is 2.23. The molecule has 0 radical (unpaired) electrons. The number of likely N-dealkylation sites (N-methyl/N-ethyl adjacent to an activating group) is 1. The van der Waals surface area contributed by atoms with Gasteiger partial charge in [0.1, 0.15) is 5.82 Å². The van der Waals surface area contributed by atoms with Crippen molar-refractivity contribution in [1.82, 2.24) is 4.90 Å². The van der Waals surface area contributed by atoms with Gasteiger partial charge >= 0.3 is 0 Å². The molecular formula is C18H23FN2. The lowest BCUT2D eigenvalue weighted by Crippen LogP contribution is -2.41. The van der Waals surface area contributed by atoms with Gasteiger partial charge < -0.3 is 5.73 Å². The Balaban J connectivity index is 2.07. The van der Waals surface area contributed by atoms with Crippen molar-refractivity contribution in [3.63, 3.8) is 0 Å². The third kappa shape index (κ3) is 4.13. The van der Waals surface area contributed by atoms with Crippen LogP contribution in [-0.4, -0.2) is 24.5 Å². The Labute approximate surface area is 126 Å². The van der Waals surface area contributed by atoms with Crippen LogP contribution in [0, 0.1) is 5.82 Å². The fraction of sp³-hybridized carbons (Fsp3) is 0.333. The Morgan fingerprint density at radius 2 is 1.67 bits per heavy atom. The van der Waals surface area contributed by atoms with Crippen LogP contribution in [0.3, 0.4) is 0 Å². The molecule has 0 aliphatic rings. The van der Waals surface area contributed by atoms with Crippen LogP contribution in [0.2, 0.25) is 0 Å². The molecule has 112 valence electrons. The summed E-state index contributed by atoms with van der Waals surface area (Å²) in [6.45, 7) is 3.56. The molecule has 0 spiro atoms. The summed E-state index contributed by atoms with van der Waals surface area (Å²) < 4.78 is 13.0. The van der Waals surface area contributed by atoms with E-state index in [0.717, 1.165) is 12.1 Å². The molecule has 0 aliphatic heterocycles. The van der Waals surface area contributed by atoms with Gasteiger partial charge in [-0.2, -0.15) is 0 Å². The average molecular weight is 286 g/mol. The maximum absolute atomic E-state index is 13.0. The van der Waals surface area contributed by atoms with E-state index in [2.05, 4.69) is 43.1 Å². The molecule has 2 unspecified atom stereocenters. The van der Waals surface area contributed by atoms with E-state index in [1.165, 1.54) is 17.7 Å². The SMILES string of the molecule is CC(c1ccccc1)C(CN)N(C)Cc1ccc(F)cc1. The average Bonchev–Trinajstić information content (AvgIpc) is 2.51. The standard InChI is InChI=1S/C18H23FN2/c1-14(16-6-4-3-5-7-16)18(12-20)21(2)13-15-8-10-17(19)11-9-15/h3-11,14,18H,12-13,20H2,1-2H3. The van der Waals surface area contributed by atoms with Crippen molar-refractivity contribution in [3.05, 3.63) is 71.5 Å². The summed E-state index contributed by atoms with van der Waals surface area (Å²) in [5, 5.41) is 0. The molecule has 21 heavy (non-hydrogen) atoms. The van der Waals surface area contributed by atoms with Crippen LogP contribution in [0.5, 0.6) is 0 Å². The zero-order valence-electron chi connectivity index (χ0n) is 12.7. The highest BCUT2D eigenvalue weighted by atomic mass is 19.1. The van der Waals surface area contributed by atoms with Gasteiger partial charge in [-0.1, -0.05) is 49.4 Å². The Morgan fingerprint density at radius 3 is 2.24 bits per heavy atom. The minimum absolute atomic E-state index is 0.200. The lowest BCUT2D eigenvalue weighted by atomic mass is 9.92. The van der Waals surface area contributed by atoms with Gasteiger partial charge in [0.25, 0.3) is 0 Å². The molecule has 2 aromatic rings. The van der Waals surface area contributed by atoms with Gasteiger partial charge in [-0.25, -0.2) is 4.39 Å². The maximum Gasteiger partial charge on any atom is 0.123 e. The van der Waals surface area contributed by atoms with Crippen LogP contribution in [0.1, 0.15) is 24.0 Å². The highest BCUT2D eigenvalue weighted by Gasteiger charge is 2.21. The summed E-state index contributed by atoms with van der Waals surface area (Å²) >= 11 is 0. The third-order valence-electron chi connectivity index (χ3n) is 4.06. The van der Waals surface area contributed by atoms with E-state index in [1.807, 2.05) is 18.2 Å². The van der Waals surface area contributed by atoms with Crippen molar-refractivity contribution in [2.24, 2.45) is 5.73 Å². The van der Waals surface area contributed by atoms with Crippen molar-refractivity contribution in [2.45, 2.75) is 25.4 Å². The summed E-state index contributed by atoms with van der Waals surface area (Å²) in [6.07, 6.45) is 0. The first-order valence-corrected chi connectivity index (χ1v) is 7.31. The third-order valence-corrected chi connectivity index (χ3v) is 4.06. The minimum atomic E-state index is -0.200. The van der Waals surface area contributed by atoms with Gasteiger partial charge in [-0.3, -0.25) is 4.90 Å². The highest BCUT2D eigenvalue weighted by molar-refractivity contribution is 5.21. The Bertz CT molecular complexity index is 539. The smallest absolute Gasteiger partial charge is 0.123 e. The number of rotatable bonds is 6. The molecule has 2 nitrogen and oxygen atoms in total. The first kappa shape index (κ1) is 15.7. The van der Waals surface area contributed by atoms with Crippen LogP contribution < -0.4 is 5.73 Å². The predicted molar refractivity (Wildman–Crippen MR) is 85.6 cm³/mol. The largest absolute Gasteiger partial charge is 0.329 e. The van der Waals surface area contributed by atoms with Crippen LogP contribution in [0.25, 0.3) is 0 Å². The van der Waals surface area contributed by atoms with E-state index in [1.54, 1.807) is 0 Å². The van der Waals surface area contributed by atoms with E-state index in [4.69, 9.17) is 5.73 Å². The number of nitrogens with two attached hydrogens (primary N) is 1. The summed E-state index contributed by atoms with van der Waals surface area (Å²) in [5.41, 5.74) is 8.37. The second kappa shape index (κ2) is 7.34. The molecule has 0 fully saturated rings. The second-order valence-electron chi connectivity index (χ2n) is 5.54. The molecule has 2 N–H and O–H groups in total.